The van der Waals surface area contributed by atoms with E-state index >= 15 is 0 Å². The molecule has 25 heavy (non-hydrogen) atoms. The van der Waals surface area contributed by atoms with E-state index in [4.69, 9.17) is 14.2 Å². The lowest BCUT2D eigenvalue weighted by molar-refractivity contribution is -0.169. The fourth-order valence-electron chi connectivity index (χ4n) is 3.49. The van der Waals surface area contributed by atoms with Crippen molar-refractivity contribution in [3.8, 4) is 0 Å². The van der Waals surface area contributed by atoms with Gasteiger partial charge in [0, 0.05) is 11.0 Å². The van der Waals surface area contributed by atoms with Crippen LogP contribution in [0.15, 0.2) is 28.7 Å². The highest BCUT2D eigenvalue weighted by atomic mass is 79.9. The molecule has 136 valence electrons. The lowest BCUT2D eigenvalue weighted by atomic mass is 10.0. The molecule has 2 fully saturated rings. The van der Waals surface area contributed by atoms with Gasteiger partial charge in [0.15, 0.2) is 18.0 Å². The van der Waals surface area contributed by atoms with Crippen molar-refractivity contribution in [3.05, 3.63) is 34.3 Å². The largest absolute Gasteiger partial charge is 0.467 e. The minimum Gasteiger partial charge on any atom is -0.467 e. The van der Waals surface area contributed by atoms with E-state index in [0.29, 0.717) is 6.54 Å². The van der Waals surface area contributed by atoms with Crippen LogP contribution in [-0.2, 0) is 23.8 Å². The second-order valence-corrected chi connectivity index (χ2v) is 7.66. The molecule has 2 saturated heterocycles. The molecule has 0 saturated carbocycles. The Morgan fingerprint density at radius 1 is 1.28 bits per heavy atom. The molecule has 6 nitrogen and oxygen atoms in total. The quantitative estimate of drug-likeness (QED) is 0.715. The maximum atomic E-state index is 13.1. The first-order chi connectivity index (χ1) is 11.8. The molecule has 7 heteroatoms. The highest BCUT2D eigenvalue weighted by molar-refractivity contribution is 9.10. The summed E-state index contributed by atoms with van der Waals surface area (Å²) in [6.07, 6.45) is -0.253. The summed E-state index contributed by atoms with van der Waals surface area (Å²) in [6, 6.07) is 7.90. The molecule has 1 amide bonds. The topological polar surface area (TPSA) is 65.1 Å². The number of ether oxygens (including phenoxy) is 3. The van der Waals surface area contributed by atoms with E-state index in [1.165, 1.54) is 7.11 Å². The van der Waals surface area contributed by atoms with E-state index in [9.17, 15) is 9.59 Å². The summed E-state index contributed by atoms with van der Waals surface area (Å²) in [7, 11) is 1.28. The number of benzene rings is 1. The third-order valence-electron chi connectivity index (χ3n) is 4.54. The highest BCUT2D eigenvalue weighted by Crippen LogP contribution is 2.37. The van der Waals surface area contributed by atoms with Gasteiger partial charge >= 0.3 is 5.97 Å². The van der Waals surface area contributed by atoms with Crippen LogP contribution in [0.3, 0.4) is 0 Å². The number of rotatable bonds is 3. The van der Waals surface area contributed by atoms with Crippen LogP contribution in [-0.4, -0.2) is 48.4 Å². The zero-order valence-corrected chi connectivity index (χ0v) is 16.1. The molecular formula is C18H22BrNO5. The number of hydrogen-bond donors (Lipinski definition) is 0. The van der Waals surface area contributed by atoms with Gasteiger partial charge in [-0.1, -0.05) is 28.1 Å². The van der Waals surface area contributed by atoms with Gasteiger partial charge in [-0.25, -0.2) is 4.79 Å². The molecule has 1 unspecified atom stereocenters. The van der Waals surface area contributed by atoms with Crippen LogP contribution in [0.1, 0.15) is 38.3 Å². The van der Waals surface area contributed by atoms with Crippen molar-refractivity contribution in [3.63, 3.8) is 0 Å². The zero-order chi connectivity index (χ0) is 18.2. The molecule has 2 aliphatic heterocycles. The number of esters is 1. The molecule has 0 bridgehead atoms. The summed E-state index contributed by atoms with van der Waals surface area (Å²) in [4.78, 5) is 26.9. The van der Waals surface area contributed by atoms with Crippen LogP contribution >= 0.6 is 15.9 Å². The van der Waals surface area contributed by atoms with Crippen molar-refractivity contribution in [2.24, 2.45) is 0 Å². The van der Waals surface area contributed by atoms with Gasteiger partial charge in [0.05, 0.1) is 13.2 Å². The number of amides is 1. The minimum absolute atomic E-state index is 0.0318. The monoisotopic (exact) mass is 411 g/mol. The fourth-order valence-corrected chi connectivity index (χ4v) is 3.90. The average Bonchev–Trinajstić information content (AvgIpc) is 3.17. The van der Waals surface area contributed by atoms with Crippen molar-refractivity contribution in [1.82, 2.24) is 4.90 Å². The lowest BCUT2D eigenvalue weighted by Gasteiger charge is -2.28. The number of carbonyl (C=O) groups is 2. The maximum absolute atomic E-state index is 13.1. The van der Waals surface area contributed by atoms with Gasteiger partial charge in [0.1, 0.15) is 0 Å². The van der Waals surface area contributed by atoms with Crippen molar-refractivity contribution in [1.29, 1.82) is 0 Å². The Bertz CT molecular complexity index is 677. The summed E-state index contributed by atoms with van der Waals surface area (Å²) in [6.45, 7) is 4.00. The molecule has 3 atom stereocenters. The van der Waals surface area contributed by atoms with Crippen molar-refractivity contribution in [2.45, 2.75) is 50.7 Å². The summed E-state index contributed by atoms with van der Waals surface area (Å²) in [5.41, 5.74) is 1.06. The Hall–Kier alpha value is -1.44. The SMILES string of the molecule is COC(=O)[C@@H]1OC(C)(C)O[C@H]1C(=O)N1CCCC1c1cccc(Br)c1. The Balaban J connectivity index is 1.84. The molecule has 0 aliphatic carbocycles. The Morgan fingerprint density at radius 2 is 2.00 bits per heavy atom. The molecule has 0 N–H and O–H groups in total. The smallest absolute Gasteiger partial charge is 0.338 e. The summed E-state index contributed by atoms with van der Waals surface area (Å²) < 4.78 is 17.1. The number of methoxy groups -OCH3 is 1. The van der Waals surface area contributed by atoms with Crippen molar-refractivity contribution >= 4 is 27.8 Å². The summed E-state index contributed by atoms with van der Waals surface area (Å²) >= 11 is 3.48. The van der Waals surface area contributed by atoms with Gasteiger partial charge in [-0.05, 0) is 44.4 Å². The van der Waals surface area contributed by atoms with Crippen LogP contribution in [0.5, 0.6) is 0 Å². The van der Waals surface area contributed by atoms with Gasteiger partial charge in [-0.3, -0.25) is 4.79 Å². The normalized spacial score (nSPS) is 28.2. The van der Waals surface area contributed by atoms with E-state index in [1.807, 2.05) is 24.3 Å². The number of halogens is 1. The first kappa shape index (κ1) is 18.4. The van der Waals surface area contributed by atoms with Crippen molar-refractivity contribution < 1.29 is 23.8 Å². The minimum atomic E-state index is -1.05. The lowest BCUT2D eigenvalue weighted by Crippen LogP contribution is -2.46. The predicted octanol–water partition coefficient (Wildman–Crippen LogP) is 2.81. The molecule has 1 aromatic carbocycles. The number of nitrogens with zero attached hydrogens (tertiary/aromatic N) is 1. The second kappa shape index (κ2) is 7.05. The van der Waals surface area contributed by atoms with E-state index in [-0.39, 0.29) is 11.9 Å². The van der Waals surface area contributed by atoms with Crippen LogP contribution in [0.4, 0.5) is 0 Å². The summed E-state index contributed by atoms with van der Waals surface area (Å²) in [5.74, 6) is -1.84. The van der Waals surface area contributed by atoms with Gasteiger partial charge in [-0.15, -0.1) is 0 Å². The summed E-state index contributed by atoms with van der Waals surface area (Å²) in [5, 5.41) is 0. The van der Waals surface area contributed by atoms with Gasteiger partial charge in [-0.2, -0.15) is 0 Å². The van der Waals surface area contributed by atoms with Crippen LogP contribution in [0.2, 0.25) is 0 Å². The maximum Gasteiger partial charge on any atom is 0.338 e. The second-order valence-electron chi connectivity index (χ2n) is 6.74. The van der Waals surface area contributed by atoms with E-state index in [1.54, 1.807) is 18.7 Å². The average molecular weight is 412 g/mol. The van der Waals surface area contributed by atoms with E-state index < -0.39 is 24.0 Å². The van der Waals surface area contributed by atoms with Crippen LogP contribution < -0.4 is 0 Å². The van der Waals surface area contributed by atoms with E-state index in [0.717, 1.165) is 22.9 Å². The third kappa shape index (κ3) is 3.73. The standard InChI is InChI=1S/C18H22BrNO5/c1-18(2)24-14(15(25-18)17(22)23-3)16(21)20-9-5-8-13(20)11-6-4-7-12(19)10-11/h4,6-7,10,13-15H,5,8-9H2,1-3H3/t13?,14-,15-/m1/s1. The molecule has 2 heterocycles. The molecule has 0 aromatic heterocycles. The van der Waals surface area contributed by atoms with Crippen LogP contribution in [0.25, 0.3) is 0 Å². The Kier molecular flexibility index (Phi) is 5.18. The first-order valence-corrected chi connectivity index (χ1v) is 9.11. The fraction of sp³-hybridized carbons (Fsp3) is 0.556. The molecule has 2 aliphatic rings. The molecule has 0 spiro atoms. The van der Waals surface area contributed by atoms with Gasteiger partial charge in [0.25, 0.3) is 5.91 Å². The predicted molar refractivity (Wildman–Crippen MR) is 93.7 cm³/mol. The first-order valence-electron chi connectivity index (χ1n) is 8.32. The number of likely N-dealkylation sites (tertiary alicyclic amines) is 1. The number of hydrogen-bond acceptors (Lipinski definition) is 5. The third-order valence-corrected chi connectivity index (χ3v) is 5.04. The van der Waals surface area contributed by atoms with Crippen molar-refractivity contribution in [2.75, 3.05) is 13.7 Å². The Morgan fingerprint density at radius 3 is 2.68 bits per heavy atom. The van der Waals surface area contributed by atoms with Gasteiger partial charge in [0.2, 0.25) is 0 Å². The zero-order valence-electron chi connectivity index (χ0n) is 14.5. The Labute approximate surface area is 155 Å². The van der Waals surface area contributed by atoms with Gasteiger partial charge < -0.3 is 19.1 Å². The molecular weight excluding hydrogens is 390 g/mol. The molecule has 0 radical (unpaired) electrons. The number of carbonyl (C=O) groups excluding carboxylic acids is 2. The molecule has 1 aromatic rings. The highest BCUT2D eigenvalue weighted by Gasteiger charge is 2.51. The molecule has 3 rings (SSSR count). The van der Waals surface area contributed by atoms with Crippen LogP contribution in [0, 0.1) is 0 Å². The van der Waals surface area contributed by atoms with E-state index in [2.05, 4.69) is 15.9 Å².